The minimum Gasteiger partial charge on any atom is -0.390 e. The van der Waals surface area contributed by atoms with Gasteiger partial charge in [0.1, 0.15) is 5.84 Å². The summed E-state index contributed by atoms with van der Waals surface area (Å²) >= 11 is 0. The van der Waals surface area contributed by atoms with Gasteiger partial charge in [0.25, 0.3) is 0 Å². The molecule has 2 aromatic rings. The number of nitrogens with one attached hydrogen (secondary N) is 2. The number of piperazine rings is 1. The number of β-amino-alcohol motifs (C(OH)–C–C–N with tert-alkyl or cyclic N) is 1. The summed E-state index contributed by atoms with van der Waals surface area (Å²) in [6, 6.07) is 16.5. The van der Waals surface area contributed by atoms with E-state index in [1.807, 2.05) is 42.5 Å². The summed E-state index contributed by atoms with van der Waals surface area (Å²) < 4.78 is 26.6. The predicted octanol–water partition coefficient (Wildman–Crippen LogP) is 1.36. The Kier molecular flexibility index (Phi) is 7.80. The van der Waals surface area contributed by atoms with Crippen LogP contribution < -0.4 is 11.1 Å². The number of sulfonamides is 1. The standard InChI is InChI=1S/C22H29N5O3S/c23-22(24)19-6-8-20(9-7-19)25-16-21(28)17-26-11-13-27(14-12-26)31(29,30)15-10-18-4-2-1-3-5-18/h1-10,15,21,25,28H,11-14,16-17H2,(H3,23,24)/b15-10+. The molecule has 0 bridgehead atoms. The molecule has 0 saturated carbocycles. The SMILES string of the molecule is N=C(N)c1ccc(NCC(O)CN2CCN(S(=O)(=O)/C=C/c3ccccc3)CC2)cc1. The summed E-state index contributed by atoms with van der Waals surface area (Å²) in [6.07, 6.45) is 1.02. The van der Waals surface area contributed by atoms with E-state index in [1.54, 1.807) is 18.2 Å². The van der Waals surface area contributed by atoms with Gasteiger partial charge in [0.15, 0.2) is 0 Å². The molecule has 5 N–H and O–H groups in total. The normalized spacial score (nSPS) is 16.9. The highest BCUT2D eigenvalue weighted by atomic mass is 32.2. The van der Waals surface area contributed by atoms with E-state index in [4.69, 9.17) is 11.1 Å². The molecular weight excluding hydrogens is 414 g/mol. The number of aliphatic hydroxyl groups excluding tert-OH is 1. The second-order valence-corrected chi connectivity index (χ2v) is 9.30. The lowest BCUT2D eigenvalue weighted by molar-refractivity contribution is 0.0997. The summed E-state index contributed by atoms with van der Waals surface area (Å²) in [7, 11) is -3.46. The van der Waals surface area contributed by atoms with Crippen LogP contribution >= 0.6 is 0 Å². The van der Waals surface area contributed by atoms with E-state index in [9.17, 15) is 13.5 Å². The van der Waals surface area contributed by atoms with Crippen molar-refractivity contribution < 1.29 is 13.5 Å². The van der Waals surface area contributed by atoms with Gasteiger partial charge in [0.05, 0.1) is 6.10 Å². The zero-order chi connectivity index (χ0) is 22.3. The van der Waals surface area contributed by atoms with E-state index in [-0.39, 0.29) is 5.84 Å². The molecule has 1 aliphatic rings. The second-order valence-electron chi connectivity index (χ2n) is 7.48. The van der Waals surface area contributed by atoms with Crippen molar-refractivity contribution in [3.05, 3.63) is 71.1 Å². The van der Waals surface area contributed by atoms with Crippen LogP contribution in [-0.2, 0) is 10.0 Å². The molecule has 0 amide bonds. The average molecular weight is 444 g/mol. The van der Waals surface area contributed by atoms with E-state index in [2.05, 4.69) is 10.2 Å². The van der Waals surface area contributed by atoms with Crippen molar-refractivity contribution in [2.75, 3.05) is 44.6 Å². The van der Waals surface area contributed by atoms with Crippen LogP contribution in [-0.4, -0.2) is 73.9 Å². The van der Waals surface area contributed by atoms with Gasteiger partial charge < -0.3 is 16.2 Å². The lowest BCUT2D eigenvalue weighted by Gasteiger charge is -2.34. The smallest absolute Gasteiger partial charge is 0.236 e. The number of hydrogen-bond donors (Lipinski definition) is 4. The van der Waals surface area contributed by atoms with Crippen LogP contribution in [0.2, 0.25) is 0 Å². The Bertz CT molecular complexity index is 986. The third-order valence-electron chi connectivity index (χ3n) is 5.13. The third kappa shape index (κ3) is 6.90. The number of hydrogen-bond acceptors (Lipinski definition) is 6. The number of nitrogens with zero attached hydrogens (tertiary/aromatic N) is 2. The molecule has 1 unspecified atom stereocenters. The summed E-state index contributed by atoms with van der Waals surface area (Å²) in [5.74, 6) is 0.0169. The van der Waals surface area contributed by atoms with Gasteiger partial charge in [-0.1, -0.05) is 30.3 Å². The van der Waals surface area contributed by atoms with Gasteiger partial charge in [-0.25, -0.2) is 8.42 Å². The topological polar surface area (TPSA) is 123 Å². The average Bonchev–Trinajstić information content (AvgIpc) is 2.78. The highest BCUT2D eigenvalue weighted by Crippen LogP contribution is 2.13. The molecule has 1 heterocycles. The van der Waals surface area contributed by atoms with Gasteiger partial charge in [-0.2, -0.15) is 4.31 Å². The molecule has 31 heavy (non-hydrogen) atoms. The van der Waals surface area contributed by atoms with Gasteiger partial charge in [0.2, 0.25) is 10.0 Å². The maximum Gasteiger partial charge on any atom is 0.236 e. The highest BCUT2D eigenvalue weighted by Gasteiger charge is 2.25. The van der Waals surface area contributed by atoms with Crippen LogP contribution in [0.15, 0.2) is 60.0 Å². The molecule has 1 aliphatic heterocycles. The number of aliphatic hydroxyl groups is 1. The van der Waals surface area contributed by atoms with Crippen LogP contribution in [0.5, 0.6) is 0 Å². The molecule has 0 radical (unpaired) electrons. The monoisotopic (exact) mass is 443 g/mol. The van der Waals surface area contributed by atoms with Crippen LogP contribution in [0.3, 0.4) is 0 Å². The number of amidine groups is 1. The van der Waals surface area contributed by atoms with Gasteiger partial charge in [-0.05, 0) is 35.9 Å². The first-order valence-electron chi connectivity index (χ1n) is 10.2. The maximum atomic E-state index is 12.6. The van der Waals surface area contributed by atoms with E-state index in [0.717, 1.165) is 11.3 Å². The molecule has 1 saturated heterocycles. The molecule has 3 rings (SSSR count). The van der Waals surface area contributed by atoms with Crippen LogP contribution in [0.4, 0.5) is 5.69 Å². The van der Waals surface area contributed by atoms with Crippen molar-refractivity contribution in [3.63, 3.8) is 0 Å². The number of anilines is 1. The molecule has 0 aromatic heterocycles. The Morgan fingerprint density at radius 1 is 1.10 bits per heavy atom. The van der Waals surface area contributed by atoms with Gasteiger partial charge >= 0.3 is 0 Å². The maximum absolute atomic E-state index is 12.6. The molecule has 1 fully saturated rings. The summed E-state index contributed by atoms with van der Waals surface area (Å²) in [5, 5.41) is 22.2. The molecule has 2 aromatic carbocycles. The van der Waals surface area contributed by atoms with Crippen LogP contribution in [0.25, 0.3) is 6.08 Å². The third-order valence-corrected chi connectivity index (χ3v) is 6.69. The Morgan fingerprint density at radius 3 is 2.35 bits per heavy atom. The molecule has 1 atom stereocenters. The van der Waals surface area contributed by atoms with Crippen LogP contribution in [0, 0.1) is 5.41 Å². The number of nitrogen functional groups attached to an aromatic ring is 1. The summed E-state index contributed by atoms with van der Waals surface area (Å²) in [4.78, 5) is 2.07. The summed E-state index contributed by atoms with van der Waals surface area (Å²) in [6.45, 7) is 2.78. The first kappa shape index (κ1) is 23.0. The predicted molar refractivity (Wildman–Crippen MR) is 124 cm³/mol. The van der Waals surface area contributed by atoms with E-state index in [1.165, 1.54) is 9.71 Å². The molecule has 9 heteroatoms. The Hall–Kier alpha value is -2.72. The van der Waals surface area contributed by atoms with Crippen molar-refractivity contribution in [2.45, 2.75) is 6.10 Å². The van der Waals surface area contributed by atoms with E-state index in [0.29, 0.717) is 44.8 Å². The van der Waals surface area contributed by atoms with Gasteiger partial charge in [-0.15, -0.1) is 0 Å². The van der Waals surface area contributed by atoms with Crippen molar-refractivity contribution in [3.8, 4) is 0 Å². The summed E-state index contributed by atoms with van der Waals surface area (Å²) in [5.41, 5.74) is 7.78. The Balaban J connectivity index is 1.42. The Morgan fingerprint density at radius 2 is 1.74 bits per heavy atom. The quantitative estimate of drug-likeness (QED) is 0.343. The second kappa shape index (κ2) is 10.5. The number of nitrogens with two attached hydrogens (primary N) is 1. The zero-order valence-corrected chi connectivity index (χ0v) is 18.1. The van der Waals surface area contributed by atoms with E-state index < -0.39 is 16.1 Å². The molecule has 166 valence electrons. The largest absolute Gasteiger partial charge is 0.390 e. The Labute approximate surface area is 183 Å². The van der Waals surface area contributed by atoms with Crippen molar-refractivity contribution >= 4 is 27.6 Å². The molecule has 0 aliphatic carbocycles. The lowest BCUT2D eigenvalue weighted by Crippen LogP contribution is -2.50. The first-order valence-corrected chi connectivity index (χ1v) is 11.7. The van der Waals surface area contributed by atoms with Crippen LogP contribution in [0.1, 0.15) is 11.1 Å². The number of rotatable bonds is 9. The first-order chi connectivity index (χ1) is 14.8. The fraction of sp³-hybridized carbons (Fsp3) is 0.318. The van der Waals surface area contributed by atoms with Gasteiger partial charge in [-0.3, -0.25) is 10.3 Å². The fourth-order valence-corrected chi connectivity index (χ4v) is 4.52. The minimum absolute atomic E-state index is 0.0169. The van der Waals surface area contributed by atoms with Crippen molar-refractivity contribution in [1.29, 1.82) is 5.41 Å². The molecule has 8 nitrogen and oxygen atoms in total. The molecule has 0 spiro atoms. The molecular formula is C22H29N5O3S. The van der Waals surface area contributed by atoms with Gasteiger partial charge in [0, 0.05) is 55.9 Å². The fourth-order valence-electron chi connectivity index (χ4n) is 3.35. The minimum atomic E-state index is -3.46. The highest BCUT2D eigenvalue weighted by molar-refractivity contribution is 7.92. The van der Waals surface area contributed by atoms with Crippen molar-refractivity contribution in [1.82, 2.24) is 9.21 Å². The zero-order valence-electron chi connectivity index (χ0n) is 17.3. The van der Waals surface area contributed by atoms with E-state index >= 15 is 0 Å². The lowest BCUT2D eigenvalue weighted by atomic mass is 10.2. The van der Waals surface area contributed by atoms with Crippen molar-refractivity contribution in [2.24, 2.45) is 5.73 Å². The number of benzene rings is 2.